The maximum absolute atomic E-state index is 12.6. The van der Waals surface area contributed by atoms with Crippen LogP contribution < -0.4 is 5.32 Å². The highest BCUT2D eigenvalue weighted by atomic mass is 32.2. The summed E-state index contributed by atoms with van der Waals surface area (Å²) < 4.78 is 26.9. The van der Waals surface area contributed by atoms with E-state index in [9.17, 15) is 13.2 Å². The van der Waals surface area contributed by atoms with Gasteiger partial charge in [0.25, 0.3) is 0 Å². The molecule has 0 bridgehead atoms. The summed E-state index contributed by atoms with van der Waals surface area (Å²) in [6, 6.07) is -0.821. The lowest BCUT2D eigenvalue weighted by Crippen LogP contribution is -2.51. The standard InChI is InChI=1S/C15H26N4O3S/c1-10(14-11(2)17-18(4)12(14)3)16-15(20)13-8-6-7-9-19(13)23(5,21)22/h10,13H,6-9H2,1-5H3,(H,16,20)/t10-,13-/m1/s1. The van der Waals surface area contributed by atoms with Crippen LogP contribution in [-0.2, 0) is 21.9 Å². The molecule has 1 aromatic rings. The Morgan fingerprint density at radius 3 is 2.52 bits per heavy atom. The lowest BCUT2D eigenvalue weighted by atomic mass is 10.0. The third kappa shape index (κ3) is 3.74. The van der Waals surface area contributed by atoms with Crippen molar-refractivity contribution >= 4 is 15.9 Å². The maximum Gasteiger partial charge on any atom is 0.238 e. The van der Waals surface area contributed by atoms with Gasteiger partial charge in [-0.1, -0.05) is 6.42 Å². The van der Waals surface area contributed by atoms with E-state index in [2.05, 4.69) is 10.4 Å². The average molecular weight is 342 g/mol. The minimum absolute atomic E-state index is 0.209. The summed E-state index contributed by atoms with van der Waals surface area (Å²) in [5.74, 6) is -0.231. The number of carbonyl (C=O) groups is 1. The number of piperidine rings is 1. The normalized spacial score (nSPS) is 21.2. The number of aryl methyl sites for hydroxylation is 2. The first-order chi connectivity index (χ1) is 10.6. The predicted octanol–water partition coefficient (Wildman–Crippen LogP) is 1.03. The number of nitrogens with one attached hydrogen (secondary N) is 1. The van der Waals surface area contributed by atoms with Gasteiger partial charge in [-0.2, -0.15) is 9.40 Å². The number of rotatable bonds is 4. The summed E-state index contributed by atoms with van der Waals surface area (Å²) in [4.78, 5) is 12.6. The van der Waals surface area contributed by atoms with Gasteiger partial charge in [-0.25, -0.2) is 8.42 Å². The van der Waals surface area contributed by atoms with E-state index in [0.29, 0.717) is 13.0 Å². The highest BCUT2D eigenvalue weighted by molar-refractivity contribution is 7.88. The third-order valence-electron chi connectivity index (χ3n) is 4.54. The number of nitrogens with zero attached hydrogens (tertiary/aromatic N) is 3. The SMILES string of the molecule is Cc1nn(C)c(C)c1[C@@H](C)NC(=O)[C@H]1CCCCN1S(C)(=O)=O. The monoisotopic (exact) mass is 342 g/mol. The van der Waals surface area contributed by atoms with Gasteiger partial charge in [0.2, 0.25) is 15.9 Å². The molecule has 23 heavy (non-hydrogen) atoms. The quantitative estimate of drug-likeness (QED) is 0.886. The molecule has 1 aromatic heterocycles. The van der Waals surface area contributed by atoms with Crippen molar-refractivity contribution in [2.24, 2.45) is 7.05 Å². The molecule has 0 spiro atoms. The van der Waals surface area contributed by atoms with Crippen LogP contribution >= 0.6 is 0 Å². The number of hydrogen-bond acceptors (Lipinski definition) is 4. The largest absolute Gasteiger partial charge is 0.348 e. The molecular weight excluding hydrogens is 316 g/mol. The van der Waals surface area contributed by atoms with Crippen LogP contribution in [-0.4, -0.2) is 47.3 Å². The first-order valence-corrected chi connectivity index (χ1v) is 9.75. The molecule has 2 atom stereocenters. The third-order valence-corrected chi connectivity index (χ3v) is 5.83. The highest BCUT2D eigenvalue weighted by Gasteiger charge is 2.35. The molecule has 130 valence electrons. The molecule has 1 fully saturated rings. The van der Waals surface area contributed by atoms with Crippen LogP contribution in [0.1, 0.15) is 49.2 Å². The van der Waals surface area contributed by atoms with E-state index >= 15 is 0 Å². The van der Waals surface area contributed by atoms with Crippen LogP contribution in [0.2, 0.25) is 0 Å². The molecule has 1 saturated heterocycles. The Labute approximate surface area is 138 Å². The van der Waals surface area contributed by atoms with Crippen molar-refractivity contribution < 1.29 is 13.2 Å². The van der Waals surface area contributed by atoms with Gasteiger partial charge in [0, 0.05) is 24.8 Å². The zero-order valence-electron chi connectivity index (χ0n) is 14.5. The molecule has 0 aliphatic carbocycles. The number of sulfonamides is 1. The second-order valence-electron chi connectivity index (χ2n) is 6.32. The van der Waals surface area contributed by atoms with Gasteiger partial charge in [-0.3, -0.25) is 9.48 Å². The topological polar surface area (TPSA) is 84.3 Å². The van der Waals surface area contributed by atoms with Crippen molar-refractivity contribution in [3.63, 3.8) is 0 Å². The Kier molecular flexibility index (Phi) is 5.15. The van der Waals surface area contributed by atoms with Gasteiger partial charge in [-0.15, -0.1) is 0 Å². The molecule has 1 amide bonds. The fourth-order valence-electron chi connectivity index (χ4n) is 3.36. The lowest BCUT2D eigenvalue weighted by molar-refractivity contribution is -0.126. The molecule has 0 radical (unpaired) electrons. The fraction of sp³-hybridized carbons (Fsp3) is 0.733. The second kappa shape index (κ2) is 6.60. The molecule has 0 aromatic carbocycles. The summed E-state index contributed by atoms with van der Waals surface area (Å²) in [7, 11) is -1.51. The molecule has 1 aliphatic rings. The zero-order chi connectivity index (χ0) is 17.4. The predicted molar refractivity (Wildman–Crippen MR) is 88.4 cm³/mol. The minimum Gasteiger partial charge on any atom is -0.348 e. The van der Waals surface area contributed by atoms with E-state index in [0.717, 1.165) is 36.0 Å². The second-order valence-corrected chi connectivity index (χ2v) is 8.26. The number of aromatic nitrogens is 2. The van der Waals surface area contributed by atoms with Crippen molar-refractivity contribution in [3.05, 3.63) is 17.0 Å². The van der Waals surface area contributed by atoms with E-state index in [-0.39, 0.29) is 11.9 Å². The Hall–Kier alpha value is -1.41. The number of hydrogen-bond donors (Lipinski definition) is 1. The molecule has 8 heteroatoms. The highest BCUT2D eigenvalue weighted by Crippen LogP contribution is 2.23. The lowest BCUT2D eigenvalue weighted by Gasteiger charge is -2.33. The van der Waals surface area contributed by atoms with Gasteiger partial charge in [0.15, 0.2) is 0 Å². The molecule has 1 N–H and O–H groups in total. The van der Waals surface area contributed by atoms with E-state index in [1.165, 1.54) is 4.31 Å². The van der Waals surface area contributed by atoms with Crippen molar-refractivity contribution in [3.8, 4) is 0 Å². The van der Waals surface area contributed by atoms with E-state index in [1.807, 2.05) is 27.8 Å². The average Bonchev–Trinajstić information content (AvgIpc) is 2.71. The van der Waals surface area contributed by atoms with Crippen LogP contribution in [0.3, 0.4) is 0 Å². The molecular formula is C15H26N4O3S. The first-order valence-electron chi connectivity index (χ1n) is 7.90. The van der Waals surface area contributed by atoms with Gasteiger partial charge in [0.1, 0.15) is 6.04 Å². The zero-order valence-corrected chi connectivity index (χ0v) is 15.3. The molecule has 2 rings (SSSR count). The Bertz CT molecular complexity index is 696. The smallest absolute Gasteiger partial charge is 0.238 e. The van der Waals surface area contributed by atoms with E-state index in [4.69, 9.17) is 0 Å². The van der Waals surface area contributed by atoms with Crippen LogP contribution in [0.15, 0.2) is 0 Å². The van der Waals surface area contributed by atoms with Crippen LogP contribution in [0.5, 0.6) is 0 Å². The van der Waals surface area contributed by atoms with Crippen molar-refractivity contribution in [2.75, 3.05) is 12.8 Å². The first kappa shape index (κ1) is 17.9. The molecule has 0 unspecified atom stereocenters. The molecule has 7 nitrogen and oxygen atoms in total. The summed E-state index contributed by atoms with van der Waals surface area (Å²) >= 11 is 0. The maximum atomic E-state index is 12.6. The summed E-state index contributed by atoms with van der Waals surface area (Å²) in [6.07, 6.45) is 3.39. The Morgan fingerprint density at radius 1 is 1.35 bits per heavy atom. The Balaban J connectivity index is 2.17. The minimum atomic E-state index is -3.38. The van der Waals surface area contributed by atoms with E-state index < -0.39 is 16.1 Å². The molecule has 2 heterocycles. The summed E-state index contributed by atoms with van der Waals surface area (Å²) in [6.45, 7) is 6.19. The summed E-state index contributed by atoms with van der Waals surface area (Å²) in [5.41, 5.74) is 2.86. The van der Waals surface area contributed by atoms with Gasteiger partial charge in [-0.05, 0) is 33.6 Å². The van der Waals surface area contributed by atoms with Crippen molar-refractivity contribution in [1.82, 2.24) is 19.4 Å². The Morgan fingerprint density at radius 2 is 2.00 bits per heavy atom. The number of amides is 1. The van der Waals surface area contributed by atoms with Crippen LogP contribution in [0, 0.1) is 13.8 Å². The van der Waals surface area contributed by atoms with Gasteiger partial charge < -0.3 is 5.32 Å². The molecule has 1 aliphatic heterocycles. The van der Waals surface area contributed by atoms with Crippen molar-refractivity contribution in [1.29, 1.82) is 0 Å². The molecule has 0 saturated carbocycles. The van der Waals surface area contributed by atoms with Crippen LogP contribution in [0.25, 0.3) is 0 Å². The number of carbonyl (C=O) groups excluding carboxylic acids is 1. The summed E-state index contributed by atoms with van der Waals surface area (Å²) in [5, 5.41) is 7.33. The van der Waals surface area contributed by atoms with Crippen LogP contribution in [0.4, 0.5) is 0 Å². The van der Waals surface area contributed by atoms with Gasteiger partial charge in [0.05, 0.1) is 18.0 Å². The fourth-order valence-corrected chi connectivity index (χ4v) is 4.49. The van der Waals surface area contributed by atoms with E-state index in [1.54, 1.807) is 4.68 Å². The van der Waals surface area contributed by atoms with Crippen molar-refractivity contribution in [2.45, 2.75) is 52.1 Å². The van der Waals surface area contributed by atoms with Gasteiger partial charge >= 0.3 is 0 Å².